The first kappa shape index (κ1) is 8.03. The molecule has 3 heteroatoms. The Morgan fingerprint density at radius 1 is 1.55 bits per heavy atom. The Labute approximate surface area is 70.4 Å². The van der Waals surface area contributed by atoms with Gasteiger partial charge in [0.15, 0.2) is 0 Å². The van der Waals surface area contributed by atoms with E-state index >= 15 is 0 Å². The van der Waals surface area contributed by atoms with Gasteiger partial charge in [-0.1, -0.05) is 11.6 Å². The second kappa shape index (κ2) is 2.89. The van der Waals surface area contributed by atoms with Crippen LogP contribution in [0, 0.1) is 25.2 Å². The highest BCUT2D eigenvalue weighted by Crippen LogP contribution is 2.20. The van der Waals surface area contributed by atoms with Crippen molar-refractivity contribution in [2.45, 2.75) is 13.8 Å². The zero-order valence-corrected chi connectivity index (χ0v) is 7.11. The molecule has 0 aliphatic rings. The molecule has 1 rings (SSSR count). The standard InChI is InChI=1S/C8H7ClN2/c1-5-7(3-10)4-11-6(2)8(5)9/h4H,1-2H3. The molecule has 0 saturated heterocycles. The number of aryl methyl sites for hydroxylation is 1. The monoisotopic (exact) mass is 166 g/mol. The van der Waals surface area contributed by atoms with Gasteiger partial charge in [0, 0.05) is 6.20 Å². The van der Waals surface area contributed by atoms with Crippen LogP contribution >= 0.6 is 11.6 Å². The van der Waals surface area contributed by atoms with Gasteiger partial charge in [0.2, 0.25) is 0 Å². The molecule has 2 nitrogen and oxygen atoms in total. The van der Waals surface area contributed by atoms with Crippen molar-refractivity contribution in [1.82, 2.24) is 4.98 Å². The van der Waals surface area contributed by atoms with E-state index in [2.05, 4.69) is 4.98 Å². The van der Waals surface area contributed by atoms with Crippen LogP contribution < -0.4 is 0 Å². The molecular formula is C8H7ClN2. The van der Waals surface area contributed by atoms with E-state index in [0.29, 0.717) is 10.6 Å². The third-order valence-electron chi connectivity index (χ3n) is 1.56. The molecule has 11 heavy (non-hydrogen) atoms. The fourth-order valence-corrected chi connectivity index (χ4v) is 0.968. The lowest BCUT2D eigenvalue weighted by molar-refractivity contribution is 1.16. The van der Waals surface area contributed by atoms with Crippen LogP contribution in [0.1, 0.15) is 16.8 Å². The largest absolute Gasteiger partial charge is 0.259 e. The van der Waals surface area contributed by atoms with Crippen LogP contribution in [0.15, 0.2) is 6.20 Å². The van der Waals surface area contributed by atoms with Gasteiger partial charge in [-0.3, -0.25) is 4.98 Å². The highest BCUT2D eigenvalue weighted by atomic mass is 35.5. The van der Waals surface area contributed by atoms with Gasteiger partial charge in [-0.25, -0.2) is 0 Å². The van der Waals surface area contributed by atoms with E-state index in [1.165, 1.54) is 6.20 Å². The normalized spacial score (nSPS) is 9.27. The summed E-state index contributed by atoms with van der Waals surface area (Å²) >= 11 is 5.85. The van der Waals surface area contributed by atoms with Crippen LogP contribution in [-0.4, -0.2) is 4.98 Å². The molecule has 0 unspecified atom stereocenters. The number of hydrogen-bond acceptors (Lipinski definition) is 2. The minimum absolute atomic E-state index is 0.542. The minimum Gasteiger partial charge on any atom is -0.259 e. The lowest BCUT2D eigenvalue weighted by atomic mass is 10.1. The van der Waals surface area contributed by atoms with Gasteiger partial charge >= 0.3 is 0 Å². The van der Waals surface area contributed by atoms with Gasteiger partial charge in [0.05, 0.1) is 16.3 Å². The average Bonchev–Trinajstić information content (AvgIpc) is 2.01. The summed E-state index contributed by atoms with van der Waals surface area (Å²) in [6, 6.07) is 2.02. The molecule has 1 heterocycles. The average molecular weight is 167 g/mol. The molecule has 1 aromatic rings. The maximum Gasteiger partial charge on any atom is 0.101 e. The van der Waals surface area contributed by atoms with Gasteiger partial charge in [-0.05, 0) is 19.4 Å². The van der Waals surface area contributed by atoms with Gasteiger partial charge < -0.3 is 0 Å². The lowest BCUT2D eigenvalue weighted by Gasteiger charge is -2.01. The molecule has 0 N–H and O–H groups in total. The van der Waals surface area contributed by atoms with Crippen molar-refractivity contribution >= 4 is 11.6 Å². The Bertz CT molecular complexity index is 326. The van der Waals surface area contributed by atoms with Crippen molar-refractivity contribution in [1.29, 1.82) is 5.26 Å². The SMILES string of the molecule is Cc1ncc(C#N)c(C)c1Cl. The summed E-state index contributed by atoms with van der Waals surface area (Å²) in [7, 11) is 0. The Balaban J connectivity index is 3.40. The molecule has 0 aliphatic carbocycles. The molecule has 0 aromatic carbocycles. The number of aromatic nitrogens is 1. The Morgan fingerprint density at radius 3 is 2.73 bits per heavy atom. The molecule has 0 fully saturated rings. The van der Waals surface area contributed by atoms with Gasteiger partial charge in [0.25, 0.3) is 0 Å². The highest BCUT2D eigenvalue weighted by Gasteiger charge is 2.04. The van der Waals surface area contributed by atoms with Crippen LogP contribution in [0.4, 0.5) is 0 Å². The molecule has 1 aromatic heterocycles. The van der Waals surface area contributed by atoms with E-state index in [1.54, 1.807) is 0 Å². The maximum absolute atomic E-state index is 8.59. The second-order valence-corrected chi connectivity index (χ2v) is 2.69. The van der Waals surface area contributed by atoms with E-state index in [0.717, 1.165) is 11.3 Å². The van der Waals surface area contributed by atoms with Crippen molar-refractivity contribution in [3.05, 3.63) is 28.0 Å². The molecule has 0 spiro atoms. The third-order valence-corrected chi connectivity index (χ3v) is 2.12. The summed E-state index contributed by atoms with van der Waals surface area (Å²) in [5.74, 6) is 0. The quantitative estimate of drug-likeness (QED) is 0.593. The van der Waals surface area contributed by atoms with Crippen molar-refractivity contribution in [3.8, 4) is 6.07 Å². The summed E-state index contributed by atoms with van der Waals surface area (Å²) in [5, 5.41) is 9.17. The first-order valence-electron chi connectivity index (χ1n) is 3.18. The van der Waals surface area contributed by atoms with E-state index in [9.17, 15) is 0 Å². The second-order valence-electron chi connectivity index (χ2n) is 2.31. The molecule has 0 bridgehead atoms. The topological polar surface area (TPSA) is 36.7 Å². The van der Waals surface area contributed by atoms with Gasteiger partial charge in [-0.15, -0.1) is 0 Å². The summed E-state index contributed by atoms with van der Waals surface area (Å²) < 4.78 is 0. The molecule has 0 atom stereocenters. The molecule has 56 valence electrons. The molecule has 0 saturated carbocycles. The minimum atomic E-state index is 0.542. The maximum atomic E-state index is 8.59. The number of halogens is 1. The van der Waals surface area contributed by atoms with Crippen molar-refractivity contribution in [3.63, 3.8) is 0 Å². The fourth-order valence-electron chi connectivity index (χ4n) is 0.817. The number of nitrogens with zero attached hydrogens (tertiary/aromatic N) is 2. The number of rotatable bonds is 0. The van der Waals surface area contributed by atoms with Crippen molar-refractivity contribution in [2.24, 2.45) is 0 Å². The van der Waals surface area contributed by atoms with Gasteiger partial charge in [0.1, 0.15) is 6.07 Å². The Morgan fingerprint density at radius 2 is 2.18 bits per heavy atom. The zero-order chi connectivity index (χ0) is 8.43. The van der Waals surface area contributed by atoms with Gasteiger partial charge in [-0.2, -0.15) is 5.26 Å². The van der Waals surface area contributed by atoms with Crippen LogP contribution in [0.5, 0.6) is 0 Å². The van der Waals surface area contributed by atoms with Crippen molar-refractivity contribution in [2.75, 3.05) is 0 Å². The smallest absolute Gasteiger partial charge is 0.101 e. The summed E-state index contributed by atoms with van der Waals surface area (Å²) in [6.07, 6.45) is 1.54. The predicted molar refractivity (Wildman–Crippen MR) is 43.4 cm³/mol. The van der Waals surface area contributed by atoms with E-state index < -0.39 is 0 Å². The molecule has 0 radical (unpaired) electrons. The third kappa shape index (κ3) is 1.33. The van der Waals surface area contributed by atoms with E-state index in [4.69, 9.17) is 16.9 Å². The van der Waals surface area contributed by atoms with E-state index in [-0.39, 0.29) is 0 Å². The zero-order valence-electron chi connectivity index (χ0n) is 6.35. The Kier molecular flexibility index (Phi) is 2.11. The number of pyridine rings is 1. The number of hydrogen-bond donors (Lipinski definition) is 0. The first-order valence-corrected chi connectivity index (χ1v) is 3.56. The molecule has 0 aliphatic heterocycles. The molecule has 0 amide bonds. The van der Waals surface area contributed by atoms with Crippen LogP contribution in [0.25, 0.3) is 0 Å². The van der Waals surface area contributed by atoms with E-state index in [1.807, 2.05) is 19.9 Å². The lowest BCUT2D eigenvalue weighted by Crippen LogP contribution is -1.90. The summed E-state index contributed by atoms with van der Waals surface area (Å²) in [4.78, 5) is 3.96. The van der Waals surface area contributed by atoms with Crippen LogP contribution in [0.2, 0.25) is 5.02 Å². The van der Waals surface area contributed by atoms with Crippen LogP contribution in [-0.2, 0) is 0 Å². The summed E-state index contributed by atoms with van der Waals surface area (Å²) in [5.41, 5.74) is 2.12. The molecular weight excluding hydrogens is 160 g/mol. The first-order chi connectivity index (χ1) is 5.16. The highest BCUT2D eigenvalue weighted by molar-refractivity contribution is 6.32. The van der Waals surface area contributed by atoms with Crippen molar-refractivity contribution < 1.29 is 0 Å². The fraction of sp³-hybridized carbons (Fsp3) is 0.250. The predicted octanol–water partition coefficient (Wildman–Crippen LogP) is 2.22. The summed E-state index contributed by atoms with van der Waals surface area (Å²) in [6.45, 7) is 3.63. The Hall–Kier alpha value is -1.07. The van der Waals surface area contributed by atoms with Crippen LogP contribution in [0.3, 0.4) is 0 Å². The number of nitriles is 1.